The van der Waals surface area contributed by atoms with Crippen LogP contribution in [0.1, 0.15) is 5.69 Å². The van der Waals surface area contributed by atoms with E-state index in [1.54, 1.807) is 0 Å². The number of nitrogens with one attached hydrogen (secondary N) is 1. The van der Waals surface area contributed by atoms with Crippen molar-refractivity contribution in [1.82, 2.24) is 4.98 Å². The fraction of sp³-hybridized carbons (Fsp3) is 0.111. The second-order valence-corrected chi connectivity index (χ2v) is 3.00. The van der Waals surface area contributed by atoms with Crippen molar-refractivity contribution in [1.29, 1.82) is 0 Å². The summed E-state index contributed by atoms with van der Waals surface area (Å²) in [6.45, 7) is 1.54. The predicted octanol–water partition coefficient (Wildman–Crippen LogP) is 3.03. The van der Waals surface area contributed by atoms with Gasteiger partial charge in [-0.2, -0.15) is 0 Å². The number of benzene rings is 1. The number of aromatic amines is 1. The van der Waals surface area contributed by atoms with E-state index < -0.39 is 23.3 Å². The third kappa shape index (κ3) is 1.01. The Balaban J connectivity index is 3.01. The zero-order valence-electron chi connectivity index (χ0n) is 7.09. The molecular weight excluding hydrogens is 198 g/mol. The SMILES string of the molecule is Cc1cc2c(F)c(F)c(F)c(F)c2[nH]1. The summed E-state index contributed by atoms with van der Waals surface area (Å²) >= 11 is 0. The summed E-state index contributed by atoms with van der Waals surface area (Å²) in [6.07, 6.45) is 0. The number of hydrogen-bond donors (Lipinski definition) is 1. The fourth-order valence-corrected chi connectivity index (χ4v) is 1.36. The van der Waals surface area contributed by atoms with E-state index >= 15 is 0 Å². The zero-order chi connectivity index (χ0) is 10.5. The maximum absolute atomic E-state index is 13.1. The van der Waals surface area contributed by atoms with Gasteiger partial charge < -0.3 is 4.98 Å². The van der Waals surface area contributed by atoms with Crippen LogP contribution in [0.2, 0.25) is 0 Å². The van der Waals surface area contributed by atoms with E-state index in [0.29, 0.717) is 5.69 Å². The molecule has 0 aliphatic heterocycles. The number of rotatable bonds is 0. The highest BCUT2D eigenvalue weighted by Crippen LogP contribution is 2.26. The highest BCUT2D eigenvalue weighted by atomic mass is 19.2. The Labute approximate surface area is 76.3 Å². The van der Waals surface area contributed by atoms with Gasteiger partial charge in [-0.05, 0) is 13.0 Å². The molecule has 2 rings (SSSR count). The molecule has 0 unspecified atom stereocenters. The zero-order valence-corrected chi connectivity index (χ0v) is 7.09. The van der Waals surface area contributed by atoms with Crippen molar-refractivity contribution in [3.63, 3.8) is 0 Å². The van der Waals surface area contributed by atoms with E-state index in [9.17, 15) is 17.6 Å². The highest BCUT2D eigenvalue weighted by molar-refractivity contribution is 5.81. The van der Waals surface area contributed by atoms with E-state index in [0.717, 1.165) is 0 Å². The molecule has 0 saturated carbocycles. The molecule has 0 fully saturated rings. The lowest BCUT2D eigenvalue weighted by atomic mass is 10.2. The summed E-state index contributed by atoms with van der Waals surface area (Å²) in [6, 6.07) is 1.22. The molecule has 1 aromatic carbocycles. The fourth-order valence-electron chi connectivity index (χ4n) is 1.36. The molecule has 5 heteroatoms. The van der Waals surface area contributed by atoms with Crippen LogP contribution in [-0.2, 0) is 0 Å². The van der Waals surface area contributed by atoms with Crippen LogP contribution >= 0.6 is 0 Å². The van der Waals surface area contributed by atoms with Crippen molar-refractivity contribution in [3.05, 3.63) is 35.0 Å². The van der Waals surface area contributed by atoms with Gasteiger partial charge in [-0.3, -0.25) is 0 Å². The smallest absolute Gasteiger partial charge is 0.199 e. The topological polar surface area (TPSA) is 15.8 Å². The molecule has 1 aromatic heterocycles. The molecule has 0 amide bonds. The van der Waals surface area contributed by atoms with Gasteiger partial charge in [0.2, 0.25) is 0 Å². The molecule has 0 bridgehead atoms. The summed E-state index contributed by atoms with van der Waals surface area (Å²) in [4.78, 5) is 2.41. The first-order valence-electron chi connectivity index (χ1n) is 3.83. The first-order valence-corrected chi connectivity index (χ1v) is 3.83. The van der Waals surface area contributed by atoms with Crippen LogP contribution in [-0.4, -0.2) is 4.98 Å². The minimum atomic E-state index is -1.79. The molecule has 1 nitrogen and oxygen atoms in total. The highest BCUT2D eigenvalue weighted by Gasteiger charge is 2.21. The van der Waals surface area contributed by atoms with Gasteiger partial charge in [-0.1, -0.05) is 0 Å². The molecule has 0 radical (unpaired) electrons. The first kappa shape index (κ1) is 9.05. The van der Waals surface area contributed by atoms with Gasteiger partial charge >= 0.3 is 0 Å². The second-order valence-electron chi connectivity index (χ2n) is 3.00. The molecule has 74 valence electrons. The van der Waals surface area contributed by atoms with Gasteiger partial charge in [0.1, 0.15) is 0 Å². The van der Waals surface area contributed by atoms with E-state index in [2.05, 4.69) is 4.98 Å². The normalized spacial score (nSPS) is 11.2. The van der Waals surface area contributed by atoms with Crippen molar-refractivity contribution >= 4 is 10.9 Å². The quantitative estimate of drug-likeness (QED) is 0.385. The lowest BCUT2D eigenvalue weighted by molar-refractivity contribution is 0.417. The molecule has 0 atom stereocenters. The van der Waals surface area contributed by atoms with Gasteiger partial charge in [-0.15, -0.1) is 0 Å². The van der Waals surface area contributed by atoms with Crippen molar-refractivity contribution in [2.75, 3.05) is 0 Å². The third-order valence-corrected chi connectivity index (χ3v) is 1.99. The maximum Gasteiger partial charge on any atom is 0.199 e. The summed E-state index contributed by atoms with van der Waals surface area (Å²) in [5, 5.41) is -0.279. The van der Waals surface area contributed by atoms with E-state index in [-0.39, 0.29) is 10.9 Å². The summed E-state index contributed by atoms with van der Waals surface area (Å²) in [7, 11) is 0. The van der Waals surface area contributed by atoms with Gasteiger partial charge in [0, 0.05) is 11.1 Å². The van der Waals surface area contributed by atoms with Crippen LogP contribution in [0.5, 0.6) is 0 Å². The Morgan fingerprint density at radius 1 is 0.929 bits per heavy atom. The molecule has 2 aromatic rings. The average molecular weight is 203 g/mol. The lowest BCUT2D eigenvalue weighted by Crippen LogP contribution is -1.96. The molecule has 1 heterocycles. The van der Waals surface area contributed by atoms with Crippen LogP contribution in [0, 0.1) is 30.2 Å². The lowest BCUT2D eigenvalue weighted by Gasteiger charge is -1.98. The predicted molar refractivity (Wildman–Crippen MR) is 42.9 cm³/mol. The molecule has 14 heavy (non-hydrogen) atoms. The van der Waals surface area contributed by atoms with E-state index in [1.807, 2.05) is 0 Å². The molecule has 0 saturated heterocycles. The standard InChI is InChI=1S/C9H5F4N/c1-3-2-4-5(10)6(11)7(12)8(13)9(4)14-3/h2,14H,1H3. The van der Waals surface area contributed by atoms with Crippen LogP contribution < -0.4 is 0 Å². The van der Waals surface area contributed by atoms with Gasteiger partial charge in [0.05, 0.1) is 5.52 Å². The number of fused-ring (bicyclic) bond motifs is 1. The molecule has 0 spiro atoms. The second kappa shape index (κ2) is 2.73. The number of aryl methyl sites for hydroxylation is 1. The van der Waals surface area contributed by atoms with Gasteiger partial charge in [0.25, 0.3) is 0 Å². The Morgan fingerprint density at radius 2 is 1.50 bits per heavy atom. The van der Waals surface area contributed by atoms with E-state index in [4.69, 9.17) is 0 Å². The average Bonchev–Trinajstić information content (AvgIpc) is 2.54. The number of H-pyrrole nitrogens is 1. The van der Waals surface area contributed by atoms with E-state index in [1.165, 1.54) is 13.0 Å². The van der Waals surface area contributed by atoms with Crippen molar-refractivity contribution < 1.29 is 17.6 Å². The third-order valence-electron chi connectivity index (χ3n) is 1.99. The van der Waals surface area contributed by atoms with Crippen LogP contribution in [0.25, 0.3) is 10.9 Å². The Kier molecular flexibility index (Phi) is 1.77. The Hall–Kier alpha value is -1.52. The first-order chi connectivity index (χ1) is 6.52. The van der Waals surface area contributed by atoms with Crippen molar-refractivity contribution in [2.45, 2.75) is 6.92 Å². The van der Waals surface area contributed by atoms with Crippen LogP contribution in [0.15, 0.2) is 6.07 Å². The minimum Gasteiger partial charge on any atom is -0.356 e. The molecule has 1 N–H and O–H groups in total. The van der Waals surface area contributed by atoms with Crippen LogP contribution in [0.3, 0.4) is 0 Å². The maximum atomic E-state index is 13.1. The minimum absolute atomic E-state index is 0.279. The van der Waals surface area contributed by atoms with Crippen LogP contribution in [0.4, 0.5) is 17.6 Å². The van der Waals surface area contributed by atoms with Crippen molar-refractivity contribution in [2.24, 2.45) is 0 Å². The Morgan fingerprint density at radius 3 is 2.14 bits per heavy atom. The number of halogens is 4. The summed E-state index contributed by atoms with van der Waals surface area (Å²) in [5.41, 5.74) is 0.0849. The van der Waals surface area contributed by atoms with Gasteiger partial charge in [-0.25, -0.2) is 17.6 Å². The molecule has 0 aliphatic rings. The summed E-state index contributed by atoms with van der Waals surface area (Å²) < 4.78 is 51.5. The van der Waals surface area contributed by atoms with Gasteiger partial charge in [0.15, 0.2) is 23.3 Å². The molecular formula is C9H5F4N. The number of aromatic nitrogens is 1. The monoisotopic (exact) mass is 203 g/mol. The van der Waals surface area contributed by atoms with Crippen molar-refractivity contribution in [3.8, 4) is 0 Å². The Bertz CT molecular complexity index is 470. The largest absolute Gasteiger partial charge is 0.356 e. The summed E-state index contributed by atoms with van der Waals surface area (Å²) in [5.74, 6) is -6.35. The molecule has 0 aliphatic carbocycles. The number of hydrogen-bond acceptors (Lipinski definition) is 0.